The third kappa shape index (κ3) is 1.36. The highest BCUT2D eigenvalue weighted by molar-refractivity contribution is 5.58. The summed E-state index contributed by atoms with van der Waals surface area (Å²) in [5, 5.41) is 0. The van der Waals surface area contributed by atoms with Gasteiger partial charge in [-0.3, -0.25) is 4.90 Å². The number of likely N-dealkylation sites (N-methyl/N-ethyl adjacent to an activating group) is 1. The summed E-state index contributed by atoms with van der Waals surface area (Å²) in [6, 6.07) is 0.0740. The molecule has 1 saturated heterocycles. The summed E-state index contributed by atoms with van der Waals surface area (Å²) >= 11 is 0. The Balaban J connectivity index is 2.43. The lowest BCUT2D eigenvalue weighted by Gasteiger charge is -2.10. The molecule has 1 fully saturated rings. The molecule has 1 aliphatic rings. The molecule has 1 heterocycles. The summed E-state index contributed by atoms with van der Waals surface area (Å²) in [6.45, 7) is 0.875. The van der Waals surface area contributed by atoms with Crippen LogP contribution in [0.2, 0.25) is 0 Å². The van der Waals surface area contributed by atoms with E-state index in [4.69, 9.17) is 4.74 Å². The molecule has 1 rings (SSSR count). The Kier molecular flexibility index (Phi) is 2.40. The van der Waals surface area contributed by atoms with Crippen LogP contribution in [0.5, 0.6) is 0 Å². The van der Waals surface area contributed by atoms with E-state index in [1.807, 2.05) is 11.9 Å². The van der Waals surface area contributed by atoms with E-state index in [1.54, 1.807) is 7.11 Å². The molecule has 0 aromatic heterocycles. The zero-order valence-electron chi connectivity index (χ0n) is 6.41. The fourth-order valence-corrected chi connectivity index (χ4v) is 1.31. The highest BCUT2D eigenvalue weighted by Crippen LogP contribution is 2.15. The lowest BCUT2D eigenvalue weighted by molar-refractivity contribution is -0.111. The van der Waals surface area contributed by atoms with Crippen molar-refractivity contribution in [1.82, 2.24) is 4.90 Å². The first kappa shape index (κ1) is 7.69. The summed E-state index contributed by atoms with van der Waals surface area (Å²) < 4.78 is 5.11. The second kappa shape index (κ2) is 3.12. The molecule has 0 aromatic rings. The lowest BCUT2D eigenvalue weighted by atomic mass is 10.2. The maximum absolute atomic E-state index is 10.4. The van der Waals surface area contributed by atoms with E-state index in [0.717, 1.165) is 19.3 Å². The van der Waals surface area contributed by atoms with Crippen molar-refractivity contribution in [3.05, 3.63) is 0 Å². The minimum atomic E-state index is 0.0740. The molecule has 3 heteroatoms. The average molecular weight is 143 g/mol. The normalized spacial score (nSPS) is 34.6. The number of likely N-dealkylation sites (tertiary alicyclic amines) is 1. The van der Waals surface area contributed by atoms with Crippen LogP contribution in [0, 0.1) is 0 Å². The Hall–Kier alpha value is -0.410. The second-order valence-corrected chi connectivity index (χ2v) is 2.74. The predicted molar refractivity (Wildman–Crippen MR) is 37.9 cm³/mol. The molecule has 0 radical (unpaired) electrons. The number of carbonyl (C=O) groups is 1. The van der Waals surface area contributed by atoms with Crippen LogP contribution in [0.3, 0.4) is 0 Å². The standard InChI is InChI=1S/C7H13NO2/c1-8-4-7(10-2)3-6(8)5-9/h5-7H,3-4H2,1-2H3/t6-,7?/m0/s1. The van der Waals surface area contributed by atoms with Crippen molar-refractivity contribution < 1.29 is 9.53 Å². The first-order valence-corrected chi connectivity index (χ1v) is 3.46. The topological polar surface area (TPSA) is 29.5 Å². The zero-order chi connectivity index (χ0) is 7.56. The van der Waals surface area contributed by atoms with Crippen LogP contribution in [0.15, 0.2) is 0 Å². The van der Waals surface area contributed by atoms with Gasteiger partial charge in [0.1, 0.15) is 6.29 Å². The van der Waals surface area contributed by atoms with E-state index in [2.05, 4.69) is 0 Å². The highest BCUT2D eigenvalue weighted by Gasteiger charge is 2.28. The molecule has 0 saturated carbocycles. The summed E-state index contributed by atoms with van der Waals surface area (Å²) in [5.74, 6) is 0. The maximum Gasteiger partial charge on any atom is 0.137 e. The zero-order valence-corrected chi connectivity index (χ0v) is 6.41. The number of hydrogen-bond donors (Lipinski definition) is 0. The van der Waals surface area contributed by atoms with E-state index in [-0.39, 0.29) is 12.1 Å². The molecular formula is C7H13NO2. The number of nitrogens with zero attached hydrogens (tertiary/aromatic N) is 1. The third-order valence-electron chi connectivity index (χ3n) is 2.05. The Labute approximate surface area is 61.0 Å². The molecule has 2 atom stereocenters. The lowest BCUT2D eigenvalue weighted by Crippen LogP contribution is -2.26. The number of hydrogen-bond acceptors (Lipinski definition) is 3. The van der Waals surface area contributed by atoms with E-state index in [9.17, 15) is 4.79 Å². The van der Waals surface area contributed by atoms with Crippen molar-refractivity contribution in [2.75, 3.05) is 20.7 Å². The Morgan fingerprint density at radius 3 is 2.70 bits per heavy atom. The van der Waals surface area contributed by atoms with E-state index in [0.29, 0.717) is 0 Å². The minimum Gasteiger partial charge on any atom is -0.380 e. The van der Waals surface area contributed by atoms with Crippen molar-refractivity contribution >= 4 is 6.29 Å². The van der Waals surface area contributed by atoms with Gasteiger partial charge in [0.25, 0.3) is 0 Å². The minimum absolute atomic E-state index is 0.0740. The Morgan fingerprint density at radius 2 is 2.40 bits per heavy atom. The van der Waals surface area contributed by atoms with Crippen molar-refractivity contribution in [1.29, 1.82) is 0 Å². The fourth-order valence-electron chi connectivity index (χ4n) is 1.31. The van der Waals surface area contributed by atoms with Crippen LogP contribution in [0.1, 0.15) is 6.42 Å². The Bertz CT molecular complexity index is 127. The summed E-state index contributed by atoms with van der Waals surface area (Å²) in [4.78, 5) is 12.4. The monoisotopic (exact) mass is 143 g/mol. The summed E-state index contributed by atoms with van der Waals surface area (Å²) in [7, 11) is 3.63. The quantitative estimate of drug-likeness (QED) is 0.506. The molecular weight excluding hydrogens is 130 g/mol. The molecule has 0 N–H and O–H groups in total. The van der Waals surface area contributed by atoms with Gasteiger partial charge in [-0.25, -0.2) is 0 Å². The Morgan fingerprint density at radius 1 is 1.70 bits per heavy atom. The molecule has 0 spiro atoms. The first-order valence-electron chi connectivity index (χ1n) is 3.46. The molecule has 1 aliphatic heterocycles. The maximum atomic E-state index is 10.4. The van der Waals surface area contributed by atoms with Gasteiger partial charge in [0, 0.05) is 13.7 Å². The molecule has 0 aromatic carbocycles. The van der Waals surface area contributed by atoms with Gasteiger partial charge >= 0.3 is 0 Å². The van der Waals surface area contributed by atoms with Crippen molar-refractivity contribution in [2.45, 2.75) is 18.6 Å². The van der Waals surface area contributed by atoms with Crippen LogP contribution in [-0.2, 0) is 9.53 Å². The molecule has 3 nitrogen and oxygen atoms in total. The van der Waals surface area contributed by atoms with Gasteiger partial charge in [-0.2, -0.15) is 0 Å². The van der Waals surface area contributed by atoms with Gasteiger partial charge in [-0.15, -0.1) is 0 Å². The molecule has 10 heavy (non-hydrogen) atoms. The van der Waals surface area contributed by atoms with E-state index < -0.39 is 0 Å². The fraction of sp³-hybridized carbons (Fsp3) is 0.857. The largest absolute Gasteiger partial charge is 0.380 e. The van der Waals surface area contributed by atoms with Gasteiger partial charge in [-0.05, 0) is 13.5 Å². The smallest absolute Gasteiger partial charge is 0.137 e. The van der Waals surface area contributed by atoms with Crippen LogP contribution in [0.25, 0.3) is 0 Å². The van der Waals surface area contributed by atoms with Crippen LogP contribution >= 0.6 is 0 Å². The van der Waals surface area contributed by atoms with Gasteiger partial charge in [0.2, 0.25) is 0 Å². The number of aldehydes is 1. The molecule has 0 amide bonds. The average Bonchev–Trinajstić information content (AvgIpc) is 2.30. The number of methoxy groups -OCH3 is 1. The van der Waals surface area contributed by atoms with E-state index >= 15 is 0 Å². The number of rotatable bonds is 2. The van der Waals surface area contributed by atoms with Gasteiger partial charge in [0.15, 0.2) is 0 Å². The van der Waals surface area contributed by atoms with Crippen LogP contribution in [0.4, 0.5) is 0 Å². The summed E-state index contributed by atoms with van der Waals surface area (Å²) in [5.41, 5.74) is 0. The van der Waals surface area contributed by atoms with Gasteiger partial charge in [0.05, 0.1) is 12.1 Å². The first-order chi connectivity index (χ1) is 4.77. The van der Waals surface area contributed by atoms with Crippen molar-refractivity contribution in [2.24, 2.45) is 0 Å². The summed E-state index contributed by atoms with van der Waals surface area (Å²) in [6.07, 6.45) is 2.08. The predicted octanol–water partition coefficient (Wildman–Crippen LogP) is -0.0956. The molecule has 0 bridgehead atoms. The van der Waals surface area contributed by atoms with Crippen LogP contribution < -0.4 is 0 Å². The van der Waals surface area contributed by atoms with Gasteiger partial charge < -0.3 is 9.53 Å². The van der Waals surface area contributed by atoms with Crippen molar-refractivity contribution in [3.8, 4) is 0 Å². The SMILES string of the molecule is COC1C[C@@H](C=O)N(C)C1. The molecule has 0 aliphatic carbocycles. The number of ether oxygens (including phenoxy) is 1. The molecule has 1 unspecified atom stereocenters. The second-order valence-electron chi connectivity index (χ2n) is 2.74. The van der Waals surface area contributed by atoms with Crippen LogP contribution in [-0.4, -0.2) is 44.0 Å². The highest BCUT2D eigenvalue weighted by atomic mass is 16.5. The number of carbonyl (C=O) groups excluding carboxylic acids is 1. The third-order valence-corrected chi connectivity index (χ3v) is 2.05. The van der Waals surface area contributed by atoms with E-state index in [1.165, 1.54) is 0 Å². The molecule has 58 valence electrons. The van der Waals surface area contributed by atoms with Gasteiger partial charge in [-0.1, -0.05) is 0 Å². The van der Waals surface area contributed by atoms with Crippen molar-refractivity contribution in [3.63, 3.8) is 0 Å².